The van der Waals surface area contributed by atoms with Crippen LogP contribution in [0.3, 0.4) is 0 Å². The van der Waals surface area contributed by atoms with Crippen LogP contribution >= 0.6 is 0 Å². The number of phenolic OH excluding ortho intramolecular Hbond substituents is 1. The first-order chi connectivity index (χ1) is 13.7. The Morgan fingerprint density at radius 3 is 2.03 bits per heavy atom. The summed E-state index contributed by atoms with van der Waals surface area (Å²) in [6.07, 6.45) is -0.724. The molecular weight excluding hydrogens is 386 g/mol. The van der Waals surface area contributed by atoms with Crippen molar-refractivity contribution in [2.45, 2.75) is 85.2 Å². The van der Waals surface area contributed by atoms with Gasteiger partial charge in [-0.05, 0) is 61.5 Å². The van der Waals surface area contributed by atoms with Crippen molar-refractivity contribution in [3.8, 4) is 5.75 Å². The van der Waals surface area contributed by atoms with Crippen LogP contribution in [0.15, 0.2) is 24.3 Å². The molecule has 0 radical (unpaired) electrons. The Hall–Kier alpha value is -2.77. The maximum absolute atomic E-state index is 13.3. The molecule has 8 heteroatoms. The van der Waals surface area contributed by atoms with Crippen molar-refractivity contribution < 1.29 is 24.2 Å². The van der Waals surface area contributed by atoms with Crippen molar-refractivity contribution in [2.24, 2.45) is 0 Å². The molecule has 8 nitrogen and oxygen atoms in total. The molecule has 1 aromatic rings. The Kier molecular flexibility index (Phi) is 8.69. The van der Waals surface area contributed by atoms with Crippen molar-refractivity contribution >= 4 is 17.9 Å². The van der Waals surface area contributed by atoms with Crippen molar-refractivity contribution in [1.82, 2.24) is 15.5 Å². The molecular formula is C22H35N3O5. The van der Waals surface area contributed by atoms with E-state index in [1.165, 1.54) is 17.9 Å². The first kappa shape index (κ1) is 25.3. The molecule has 0 aliphatic heterocycles. The van der Waals surface area contributed by atoms with Crippen LogP contribution < -0.4 is 10.6 Å². The van der Waals surface area contributed by atoms with Gasteiger partial charge in [0.15, 0.2) is 0 Å². The quantitative estimate of drug-likeness (QED) is 0.627. The standard InChI is InChI=1S/C22H35N3O5/c1-13(2)23-19(27)18(16-11-9-10-12-17(16)26)25(14(3)4)20(28)15(5)24-21(29)30-22(6,7)8/h9-15,18,26H,1-8H3,(H,23,27)(H,24,29). The summed E-state index contributed by atoms with van der Waals surface area (Å²) in [6.45, 7) is 13.9. The smallest absolute Gasteiger partial charge is 0.408 e. The normalized spacial score (nSPS) is 13.5. The summed E-state index contributed by atoms with van der Waals surface area (Å²) in [6, 6.07) is 3.85. The number of amides is 3. The first-order valence-electron chi connectivity index (χ1n) is 10.1. The van der Waals surface area contributed by atoms with E-state index in [-0.39, 0.29) is 17.8 Å². The number of carbonyl (C=O) groups excluding carboxylic acids is 3. The highest BCUT2D eigenvalue weighted by molar-refractivity contribution is 5.92. The van der Waals surface area contributed by atoms with Crippen LogP contribution in [0, 0.1) is 0 Å². The van der Waals surface area contributed by atoms with Gasteiger partial charge in [0, 0.05) is 17.6 Å². The van der Waals surface area contributed by atoms with Gasteiger partial charge in [-0.2, -0.15) is 0 Å². The van der Waals surface area contributed by atoms with Crippen molar-refractivity contribution in [3.05, 3.63) is 29.8 Å². The van der Waals surface area contributed by atoms with Gasteiger partial charge in [-0.3, -0.25) is 9.59 Å². The Labute approximate surface area is 179 Å². The van der Waals surface area contributed by atoms with Crippen LogP contribution in [-0.2, 0) is 14.3 Å². The molecule has 0 fully saturated rings. The summed E-state index contributed by atoms with van der Waals surface area (Å²) in [5, 5.41) is 15.7. The number of carbonyl (C=O) groups is 3. The predicted molar refractivity (Wildman–Crippen MR) is 115 cm³/mol. The predicted octanol–water partition coefficient (Wildman–Crippen LogP) is 3.11. The number of phenols is 1. The molecule has 168 valence electrons. The SMILES string of the molecule is CC(C)NC(=O)C(c1ccccc1O)N(C(=O)C(C)NC(=O)OC(C)(C)C)C(C)C. The molecule has 0 aliphatic carbocycles. The van der Waals surface area contributed by atoms with E-state index in [1.54, 1.807) is 52.8 Å². The third-order valence-corrected chi connectivity index (χ3v) is 4.10. The maximum Gasteiger partial charge on any atom is 0.408 e. The zero-order valence-electron chi connectivity index (χ0n) is 19.1. The van der Waals surface area contributed by atoms with Gasteiger partial charge in [0.05, 0.1) is 0 Å². The highest BCUT2D eigenvalue weighted by Gasteiger charge is 2.37. The second kappa shape index (κ2) is 10.3. The summed E-state index contributed by atoms with van der Waals surface area (Å²) in [7, 11) is 0. The van der Waals surface area contributed by atoms with Gasteiger partial charge in [0.2, 0.25) is 11.8 Å². The Morgan fingerprint density at radius 2 is 1.57 bits per heavy atom. The minimum absolute atomic E-state index is 0.0902. The fraction of sp³-hybridized carbons (Fsp3) is 0.591. The maximum atomic E-state index is 13.3. The molecule has 1 aromatic carbocycles. The van der Waals surface area contributed by atoms with Crippen LogP contribution in [0.5, 0.6) is 5.75 Å². The number of alkyl carbamates (subject to hydrolysis) is 1. The Balaban J connectivity index is 3.28. The highest BCUT2D eigenvalue weighted by atomic mass is 16.6. The summed E-state index contributed by atoms with van der Waals surface area (Å²) in [4.78, 5) is 39.8. The summed E-state index contributed by atoms with van der Waals surface area (Å²) >= 11 is 0. The van der Waals surface area contributed by atoms with E-state index in [4.69, 9.17) is 4.74 Å². The molecule has 1 rings (SSSR count). The summed E-state index contributed by atoms with van der Waals surface area (Å²) in [5.41, 5.74) is -0.401. The van der Waals surface area contributed by atoms with E-state index in [2.05, 4.69) is 10.6 Å². The minimum atomic E-state index is -1.07. The van der Waals surface area contributed by atoms with Gasteiger partial charge < -0.3 is 25.4 Å². The van der Waals surface area contributed by atoms with Gasteiger partial charge in [-0.1, -0.05) is 18.2 Å². The number of rotatable bonds is 7. The van der Waals surface area contributed by atoms with E-state index >= 15 is 0 Å². The summed E-state index contributed by atoms with van der Waals surface area (Å²) in [5.74, 6) is -0.978. The van der Waals surface area contributed by atoms with E-state index in [0.29, 0.717) is 5.56 Å². The molecule has 3 amide bonds. The minimum Gasteiger partial charge on any atom is -0.508 e. The molecule has 30 heavy (non-hydrogen) atoms. The number of hydrogen-bond donors (Lipinski definition) is 3. The van der Waals surface area contributed by atoms with Crippen molar-refractivity contribution in [1.29, 1.82) is 0 Å². The lowest BCUT2D eigenvalue weighted by atomic mass is 10.00. The Bertz CT molecular complexity index is 755. The fourth-order valence-electron chi connectivity index (χ4n) is 2.95. The lowest BCUT2D eigenvalue weighted by molar-refractivity contribution is -0.144. The number of aromatic hydroxyl groups is 1. The number of nitrogens with one attached hydrogen (secondary N) is 2. The largest absolute Gasteiger partial charge is 0.508 e. The molecule has 0 aliphatic rings. The number of hydrogen-bond acceptors (Lipinski definition) is 5. The van der Waals surface area contributed by atoms with Gasteiger partial charge in [0.25, 0.3) is 0 Å². The van der Waals surface area contributed by atoms with E-state index in [0.717, 1.165) is 0 Å². The van der Waals surface area contributed by atoms with Crippen molar-refractivity contribution in [2.75, 3.05) is 0 Å². The van der Waals surface area contributed by atoms with Crippen LogP contribution in [0.25, 0.3) is 0 Å². The highest BCUT2D eigenvalue weighted by Crippen LogP contribution is 2.31. The monoisotopic (exact) mass is 421 g/mol. The number of para-hydroxylation sites is 1. The van der Waals surface area contributed by atoms with Gasteiger partial charge in [0.1, 0.15) is 23.4 Å². The summed E-state index contributed by atoms with van der Waals surface area (Å²) < 4.78 is 5.22. The molecule has 2 unspecified atom stereocenters. The third kappa shape index (κ3) is 7.24. The molecule has 0 heterocycles. The van der Waals surface area contributed by atoms with Crippen LogP contribution in [0.2, 0.25) is 0 Å². The average molecular weight is 422 g/mol. The second-order valence-corrected chi connectivity index (χ2v) is 8.83. The Morgan fingerprint density at radius 1 is 1.00 bits per heavy atom. The molecule has 0 spiro atoms. The first-order valence-corrected chi connectivity index (χ1v) is 10.1. The number of ether oxygens (including phenoxy) is 1. The van der Waals surface area contributed by atoms with Crippen molar-refractivity contribution in [3.63, 3.8) is 0 Å². The lowest BCUT2D eigenvalue weighted by Gasteiger charge is -2.37. The van der Waals surface area contributed by atoms with Gasteiger partial charge in [-0.25, -0.2) is 4.79 Å². The van der Waals surface area contributed by atoms with Crippen LogP contribution in [-0.4, -0.2) is 51.6 Å². The zero-order chi connectivity index (χ0) is 23.2. The molecule has 2 atom stereocenters. The third-order valence-electron chi connectivity index (χ3n) is 4.10. The van der Waals surface area contributed by atoms with E-state index < -0.39 is 35.6 Å². The van der Waals surface area contributed by atoms with Crippen LogP contribution in [0.4, 0.5) is 4.79 Å². The number of nitrogens with zero attached hydrogens (tertiary/aromatic N) is 1. The van der Waals surface area contributed by atoms with E-state index in [9.17, 15) is 19.5 Å². The zero-order valence-corrected chi connectivity index (χ0v) is 19.1. The molecule has 3 N–H and O–H groups in total. The van der Waals surface area contributed by atoms with Crippen LogP contribution in [0.1, 0.15) is 67.0 Å². The second-order valence-electron chi connectivity index (χ2n) is 8.83. The average Bonchev–Trinajstić information content (AvgIpc) is 2.57. The molecule has 0 saturated carbocycles. The van der Waals surface area contributed by atoms with Gasteiger partial charge in [-0.15, -0.1) is 0 Å². The molecule has 0 bridgehead atoms. The fourth-order valence-corrected chi connectivity index (χ4v) is 2.95. The molecule has 0 aromatic heterocycles. The number of benzene rings is 1. The molecule has 0 saturated heterocycles. The topological polar surface area (TPSA) is 108 Å². The van der Waals surface area contributed by atoms with Gasteiger partial charge >= 0.3 is 6.09 Å². The lowest BCUT2D eigenvalue weighted by Crippen LogP contribution is -2.54. The van der Waals surface area contributed by atoms with E-state index in [1.807, 2.05) is 13.8 Å².